The molecule has 0 unspecified atom stereocenters. The lowest BCUT2D eigenvalue weighted by Gasteiger charge is -2.15. The summed E-state index contributed by atoms with van der Waals surface area (Å²) in [5.74, 6) is 0.0952. The number of anilines is 1. The average Bonchev–Trinajstić information content (AvgIpc) is 3.50. The number of rotatable bonds is 6. The van der Waals surface area contributed by atoms with Gasteiger partial charge < -0.3 is 20.7 Å². The first-order chi connectivity index (χ1) is 16.6. The Hall–Kier alpha value is -2.66. The van der Waals surface area contributed by atoms with Crippen LogP contribution in [-0.2, 0) is 9.26 Å². The van der Waals surface area contributed by atoms with E-state index in [1.165, 1.54) is 11.0 Å². The highest BCUT2D eigenvalue weighted by Crippen LogP contribution is 2.46. The van der Waals surface area contributed by atoms with Crippen molar-refractivity contribution in [2.24, 2.45) is 0 Å². The van der Waals surface area contributed by atoms with Crippen molar-refractivity contribution in [1.82, 2.24) is 34.7 Å². The summed E-state index contributed by atoms with van der Waals surface area (Å²) in [4.78, 5) is 35.4. The molecular formula is C18H19BrN8O7P+. The molecule has 4 heterocycles. The van der Waals surface area contributed by atoms with E-state index in [-0.39, 0.29) is 17.2 Å². The van der Waals surface area contributed by atoms with Gasteiger partial charge in [-0.2, -0.15) is 24.3 Å². The molecule has 3 aromatic heterocycles. The van der Waals surface area contributed by atoms with Crippen LogP contribution >= 0.6 is 24.1 Å². The van der Waals surface area contributed by atoms with Gasteiger partial charge in [-0.25, -0.2) is 19.3 Å². The molecule has 0 spiro atoms. The number of ether oxygens (including phenoxy) is 1. The quantitative estimate of drug-likeness (QED) is 0.164. The molecule has 4 atom stereocenters. The van der Waals surface area contributed by atoms with Gasteiger partial charge in [0.1, 0.15) is 48.5 Å². The van der Waals surface area contributed by atoms with Crippen LogP contribution < -0.4 is 5.73 Å². The maximum atomic E-state index is 10.6. The second-order valence-corrected chi connectivity index (χ2v) is 9.83. The third-order valence-corrected chi connectivity index (χ3v) is 6.36. The smallest absolute Gasteiger partial charge is 0.387 e. The minimum Gasteiger partial charge on any atom is -0.387 e. The third-order valence-electron chi connectivity index (χ3n) is 5.34. The molecule has 0 aliphatic carbocycles. The largest absolute Gasteiger partial charge is 0.567 e. The van der Waals surface area contributed by atoms with Crippen molar-refractivity contribution in [2.75, 3.05) is 12.3 Å². The van der Waals surface area contributed by atoms with Gasteiger partial charge >= 0.3 is 8.17 Å². The Morgan fingerprint density at radius 2 is 1.86 bits per heavy atom. The Morgan fingerprint density at radius 3 is 2.57 bits per heavy atom. The van der Waals surface area contributed by atoms with Crippen molar-refractivity contribution in [2.45, 2.75) is 24.5 Å². The molecule has 5 rings (SSSR count). The van der Waals surface area contributed by atoms with Crippen LogP contribution in [0.4, 0.5) is 5.82 Å². The molecule has 15 nitrogen and oxygen atoms in total. The van der Waals surface area contributed by atoms with Crippen molar-refractivity contribution in [3.8, 4) is 17.1 Å². The Labute approximate surface area is 205 Å². The van der Waals surface area contributed by atoms with Gasteiger partial charge in [-0.05, 0) is 24.3 Å². The molecule has 1 fully saturated rings. The van der Waals surface area contributed by atoms with E-state index >= 15 is 0 Å². The fourth-order valence-electron chi connectivity index (χ4n) is 3.69. The summed E-state index contributed by atoms with van der Waals surface area (Å²) in [6, 6.07) is 7.39. The van der Waals surface area contributed by atoms with Crippen molar-refractivity contribution in [1.29, 1.82) is 0 Å². The zero-order chi connectivity index (χ0) is 24.9. The number of aliphatic hydroxyl groups is 2. The van der Waals surface area contributed by atoms with Crippen LogP contribution in [0.3, 0.4) is 0 Å². The van der Waals surface area contributed by atoms with E-state index in [2.05, 4.69) is 45.8 Å². The number of nitrogen functional groups attached to an aromatic ring is 1. The SMILES string of the molecule is Nc1ncnc2c1c(-c1cn(-c3ccc(Br)cc3)nn1)nn2[C@@H]1O[C@H](CO[P+](O)(O)O)[C@@H](O)[C@H]1O. The molecule has 0 amide bonds. The predicted molar refractivity (Wildman–Crippen MR) is 123 cm³/mol. The lowest BCUT2D eigenvalue weighted by molar-refractivity contribution is -0.0575. The fraction of sp³-hybridized carbons (Fsp3) is 0.278. The van der Waals surface area contributed by atoms with E-state index in [1.54, 1.807) is 10.9 Å². The van der Waals surface area contributed by atoms with E-state index in [0.29, 0.717) is 11.1 Å². The van der Waals surface area contributed by atoms with E-state index in [1.807, 2.05) is 24.3 Å². The number of aliphatic hydroxyl groups excluding tert-OH is 2. The topological polar surface area (TPSA) is 220 Å². The normalized spacial score (nSPS) is 22.8. The number of fused-ring (bicyclic) bond motifs is 1. The molecule has 0 bridgehead atoms. The summed E-state index contributed by atoms with van der Waals surface area (Å²) in [5, 5.41) is 34.1. The van der Waals surface area contributed by atoms with Gasteiger partial charge in [-0.15, -0.1) is 5.10 Å². The maximum Gasteiger partial charge on any atom is 0.567 e. The Balaban J connectivity index is 1.52. The van der Waals surface area contributed by atoms with Gasteiger partial charge in [-0.3, -0.25) is 0 Å². The van der Waals surface area contributed by atoms with E-state index < -0.39 is 39.3 Å². The van der Waals surface area contributed by atoms with Gasteiger partial charge in [0, 0.05) is 4.47 Å². The zero-order valence-electron chi connectivity index (χ0n) is 17.6. The monoisotopic (exact) mass is 569 g/mol. The molecule has 1 aliphatic heterocycles. The van der Waals surface area contributed by atoms with Crippen LogP contribution in [0, 0.1) is 0 Å². The number of nitrogens with zero attached hydrogens (tertiary/aromatic N) is 7. The molecule has 1 saturated heterocycles. The highest BCUT2D eigenvalue weighted by Gasteiger charge is 2.47. The lowest BCUT2D eigenvalue weighted by Crippen LogP contribution is -2.34. The summed E-state index contributed by atoms with van der Waals surface area (Å²) in [6.07, 6.45) is -2.62. The number of nitrogens with two attached hydrogens (primary N) is 1. The van der Waals surface area contributed by atoms with Crippen molar-refractivity contribution in [3.05, 3.63) is 41.3 Å². The lowest BCUT2D eigenvalue weighted by atomic mass is 10.1. The highest BCUT2D eigenvalue weighted by atomic mass is 79.9. The molecule has 184 valence electrons. The van der Waals surface area contributed by atoms with E-state index in [0.717, 1.165) is 10.2 Å². The predicted octanol–water partition coefficient (Wildman–Crippen LogP) is -0.291. The Kier molecular flexibility index (Phi) is 6.25. The summed E-state index contributed by atoms with van der Waals surface area (Å²) < 4.78 is 13.9. The van der Waals surface area contributed by atoms with Gasteiger partial charge in [0.25, 0.3) is 0 Å². The molecular weight excluding hydrogens is 551 g/mol. The summed E-state index contributed by atoms with van der Waals surface area (Å²) in [6.45, 7) is -0.600. The number of benzene rings is 1. The van der Waals surface area contributed by atoms with Crippen LogP contribution in [-0.4, -0.2) is 84.6 Å². The number of hydrogen-bond acceptors (Lipinski definition) is 13. The van der Waals surface area contributed by atoms with Gasteiger partial charge in [0.15, 0.2) is 11.9 Å². The van der Waals surface area contributed by atoms with E-state index in [9.17, 15) is 10.2 Å². The van der Waals surface area contributed by atoms with Gasteiger partial charge in [0.2, 0.25) is 0 Å². The first-order valence-corrected chi connectivity index (χ1v) is 12.4. The molecule has 4 aromatic rings. The molecule has 0 saturated carbocycles. The molecule has 0 radical (unpaired) electrons. The first kappa shape index (κ1) is 24.1. The molecule has 7 N–H and O–H groups in total. The zero-order valence-corrected chi connectivity index (χ0v) is 20.0. The molecule has 1 aromatic carbocycles. The third kappa shape index (κ3) is 4.63. The highest BCUT2D eigenvalue weighted by molar-refractivity contribution is 9.10. The first-order valence-electron chi connectivity index (χ1n) is 10.0. The number of hydrogen-bond donors (Lipinski definition) is 6. The summed E-state index contributed by atoms with van der Waals surface area (Å²) >= 11 is 3.38. The Morgan fingerprint density at radius 1 is 1.11 bits per heavy atom. The molecule has 1 aliphatic rings. The summed E-state index contributed by atoms with van der Waals surface area (Å²) in [7, 11) is -4.57. The average molecular weight is 570 g/mol. The minimum atomic E-state index is -4.57. The van der Waals surface area contributed by atoms with Crippen LogP contribution in [0.15, 0.2) is 41.3 Å². The van der Waals surface area contributed by atoms with Gasteiger partial charge in [-0.1, -0.05) is 21.1 Å². The number of halogens is 1. The second-order valence-electron chi connectivity index (χ2n) is 7.63. The standard InChI is InChI=1S/C18H19BrN8O7P/c19-8-1-3-9(4-2-8)26-5-10(23-25-26)13-12-16(20)21-7-22-17(12)27(24-13)18-15(29)14(28)11(34-18)6-33-35(30,31)32/h1-5,7,11,14-15,18,28-32H,6H2,(H2,20,21,22)/q+1/t11-,14-,15-,18-/m1/s1. The van der Waals surface area contributed by atoms with Crippen LogP contribution in [0.2, 0.25) is 0 Å². The fourth-order valence-corrected chi connectivity index (χ4v) is 4.30. The Bertz CT molecular complexity index is 1360. The van der Waals surface area contributed by atoms with Crippen LogP contribution in [0.1, 0.15) is 6.23 Å². The van der Waals surface area contributed by atoms with E-state index in [4.69, 9.17) is 25.2 Å². The second kappa shape index (κ2) is 9.09. The minimum absolute atomic E-state index is 0.0952. The van der Waals surface area contributed by atoms with Gasteiger partial charge in [0.05, 0.1) is 17.3 Å². The summed E-state index contributed by atoms with van der Waals surface area (Å²) in [5.41, 5.74) is 7.64. The number of aromatic nitrogens is 7. The molecule has 17 heteroatoms. The maximum absolute atomic E-state index is 10.6. The van der Waals surface area contributed by atoms with Crippen molar-refractivity contribution >= 4 is 41.0 Å². The van der Waals surface area contributed by atoms with Crippen LogP contribution in [0.25, 0.3) is 28.1 Å². The molecule has 35 heavy (non-hydrogen) atoms. The van der Waals surface area contributed by atoms with Crippen molar-refractivity contribution < 1.29 is 34.2 Å². The van der Waals surface area contributed by atoms with Crippen LogP contribution in [0.5, 0.6) is 0 Å². The van der Waals surface area contributed by atoms with Crippen molar-refractivity contribution in [3.63, 3.8) is 0 Å².